The van der Waals surface area contributed by atoms with Gasteiger partial charge in [0.2, 0.25) is 5.91 Å². The van der Waals surface area contributed by atoms with E-state index in [-0.39, 0.29) is 17.8 Å². The second kappa shape index (κ2) is 6.69. The first kappa shape index (κ1) is 18.7. The van der Waals surface area contributed by atoms with Crippen LogP contribution < -0.4 is 15.8 Å². The molecular formula is C18H27FN2O3. The number of halogens is 1. The van der Waals surface area contributed by atoms with Crippen molar-refractivity contribution in [3.63, 3.8) is 0 Å². The molecule has 24 heavy (non-hydrogen) atoms. The summed E-state index contributed by atoms with van der Waals surface area (Å²) in [6.07, 6.45) is 0.421. The molecule has 1 fully saturated rings. The average molecular weight is 338 g/mol. The quantitative estimate of drug-likeness (QED) is 0.836. The second-order valence-electron chi connectivity index (χ2n) is 6.92. The van der Waals surface area contributed by atoms with Gasteiger partial charge in [-0.05, 0) is 32.0 Å². The summed E-state index contributed by atoms with van der Waals surface area (Å²) in [5, 5.41) is 2.89. The minimum absolute atomic E-state index is 0.0442. The Bertz CT molecular complexity index is 620. The molecule has 1 aromatic carbocycles. The first-order chi connectivity index (χ1) is 11.2. The van der Waals surface area contributed by atoms with Gasteiger partial charge in [0.25, 0.3) is 0 Å². The van der Waals surface area contributed by atoms with Crippen molar-refractivity contribution in [2.75, 3.05) is 13.7 Å². The minimum Gasteiger partial charge on any atom is -0.496 e. The molecule has 5 nitrogen and oxygen atoms in total. The lowest BCUT2D eigenvalue weighted by Crippen LogP contribution is -2.75. The van der Waals surface area contributed by atoms with E-state index in [1.54, 1.807) is 13.0 Å². The molecule has 6 heteroatoms. The van der Waals surface area contributed by atoms with E-state index in [1.165, 1.54) is 19.2 Å². The molecule has 134 valence electrons. The van der Waals surface area contributed by atoms with Gasteiger partial charge in [-0.3, -0.25) is 4.79 Å². The van der Waals surface area contributed by atoms with Crippen LogP contribution in [0.15, 0.2) is 18.2 Å². The Morgan fingerprint density at radius 2 is 2.17 bits per heavy atom. The monoisotopic (exact) mass is 338 g/mol. The maximum Gasteiger partial charge on any atom is 0.241 e. The Kier molecular flexibility index (Phi) is 5.20. The van der Waals surface area contributed by atoms with Gasteiger partial charge in [-0.25, -0.2) is 4.39 Å². The molecule has 1 aliphatic rings. The van der Waals surface area contributed by atoms with Crippen LogP contribution in [0.2, 0.25) is 0 Å². The molecule has 1 amide bonds. The van der Waals surface area contributed by atoms with E-state index in [0.29, 0.717) is 24.3 Å². The molecular weight excluding hydrogens is 311 g/mol. The fraction of sp³-hybridized carbons (Fsp3) is 0.611. The van der Waals surface area contributed by atoms with Gasteiger partial charge < -0.3 is 20.5 Å². The van der Waals surface area contributed by atoms with E-state index >= 15 is 0 Å². The molecule has 0 aliphatic heterocycles. The molecule has 0 bridgehead atoms. The largest absolute Gasteiger partial charge is 0.496 e. The van der Waals surface area contributed by atoms with E-state index in [2.05, 4.69) is 5.32 Å². The highest BCUT2D eigenvalue weighted by atomic mass is 19.1. The zero-order valence-electron chi connectivity index (χ0n) is 15.0. The summed E-state index contributed by atoms with van der Waals surface area (Å²) in [5.41, 5.74) is 5.47. The van der Waals surface area contributed by atoms with Gasteiger partial charge in [0.1, 0.15) is 17.1 Å². The summed E-state index contributed by atoms with van der Waals surface area (Å²) in [6, 6.07) is 3.81. The minimum atomic E-state index is -1.01. The maximum absolute atomic E-state index is 13.5. The standard InChI is InChI=1S/C18H27FN2O3/c1-6-24-15-10-18(20,17(15,3)4)16(22)21-11(2)13-9-12(19)7-8-14(13)23-5/h7-9,11,15H,6,10,20H2,1-5H3,(H,21,22). The fourth-order valence-corrected chi connectivity index (χ4v) is 3.27. The number of carbonyl (C=O) groups is 1. The normalized spacial score (nSPS) is 26.4. The summed E-state index contributed by atoms with van der Waals surface area (Å²) in [5.74, 6) is -0.118. The zero-order valence-corrected chi connectivity index (χ0v) is 15.0. The van der Waals surface area contributed by atoms with Crippen molar-refractivity contribution < 1.29 is 18.7 Å². The summed E-state index contributed by atoms with van der Waals surface area (Å²) in [6.45, 7) is 8.16. The molecule has 0 heterocycles. The van der Waals surface area contributed by atoms with Crippen LogP contribution in [0, 0.1) is 11.2 Å². The number of hydrogen-bond donors (Lipinski definition) is 2. The van der Waals surface area contributed by atoms with Crippen LogP contribution in [0.1, 0.15) is 45.7 Å². The smallest absolute Gasteiger partial charge is 0.241 e. The number of methoxy groups -OCH3 is 1. The molecule has 1 aliphatic carbocycles. The molecule has 1 aromatic rings. The maximum atomic E-state index is 13.5. The van der Waals surface area contributed by atoms with E-state index in [0.717, 1.165) is 0 Å². The Balaban J connectivity index is 2.14. The van der Waals surface area contributed by atoms with Crippen molar-refractivity contribution in [1.29, 1.82) is 0 Å². The van der Waals surface area contributed by atoms with Crippen LogP contribution in [-0.4, -0.2) is 31.3 Å². The number of nitrogens with two attached hydrogens (primary N) is 1. The number of benzene rings is 1. The third-order valence-corrected chi connectivity index (χ3v) is 5.24. The van der Waals surface area contributed by atoms with Crippen molar-refractivity contribution in [1.82, 2.24) is 5.32 Å². The van der Waals surface area contributed by atoms with Gasteiger partial charge in [0.15, 0.2) is 0 Å². The summed E-state index contributed by atoms with van der Waals surface area (Å²) in [7, 11) is 1.51. The van der Waals surface area contributed by atoms with Gasteiger partial charge in [-0.15, -0.1) is 0 Å². The second-order valence-corrected chi connectivity index (χ2v) is 6.92. The van der Waals surface area contributed by atoms with Crippen LogP contribution in [0.4, 0.5) is 4.39 Å². The van der Waals surface area contributed by atoms with Crippen molar-refractivity contribution in [2.24, 2.45) is 11.1 Å². The van der Waals surface area contributed by atoms with Crippen LogP contribution in [-0.2, 0) is 9.53 Å². The van der Waals surface area contributed by atoms with Gasteiger partial charge in [-0.1, -0.05) is 13.8 Å². The molecule has 1 saturated carbocycles. The van der Waals surface area contributed by atoms with Gasteiger partial charge >= 0.3 is 0 Å². The molecule has 3 unspecified atom stereocenters. The molecule has 0 spiro atoms. The predicted molar refractivity (Wildman–Crippen MR) is 90.2 cm³/mol. The van der Waals surface area contributed by atoms with Crippen molar-refractivity contribution in [2.45, 2.75) is 51.8 Å². The number of hydrogen-bond acceptors (Lipinski definition) is 4. The summed E-state index contributed by atoms with van der Waals surface area (Å²) in [4.78, 5) is 12.8. The SMILES string of the molecule is CCOC1CC(N)(C(=O)NC(C)c2cc(F)ccc2OC)C1(C)C. The van der Waals surface area contributed by atoms with Gasteiger partial charge in [0, 0.05) is 24.0 Å². The number of nitrogens with one attached hydrogen (secondary N) is 1. The van der Waals surface area contributed by atoms with Crippen LogP contribution in [0.3, 0.4) is 0 Å². The Labute approximate surface area is 142 Å². The molecule has 2 rings (SSSR count). The summed E-state index contributed by atoms with van der Waals surface area (Å²) < 4.78 is 24.4. The lowest BCUT2D eigenvalue weighted by Gasteiger charge is -2.57. The number of amides is 1. The highest BCUT2D eigenvalue weighted by Gasteiger charge is 2.62. The molecule has 0 saturated heterocycles. The lowest BCUT2D eigenvalue weighted by molar-refractivity contribution is -0.171. The van der Waals surface area contributed by atoms with Gasteiger partial charge in [-0.2, -0.15) is 0 Å². The average Bonchev–Trinajstić information content (AvgIpc) is 2.54. The first-order valence-electron chi connectivity index (χ1n) is 8.22. The van der Waals surface area contributed by atoms with Crippen LogP contribution in [0.5, 0.6) is 5.75 Å². The Morgan fingerprint density at radius 3 is 2.71 bits per heavy atom. The van der Waals surface area contributed by atoms with Crippen LogP contribution in [0.25, 0.3) is 0 Å². The Hall–Kier alpha value is -1.66. The first-order valence-corrected chi connectivity index (χ1v) is 8.22. The van der Waals surface area contributed by atoms with E-state index < -0.39 is 17.0 Å². The number of ether oxygens (including phenoxy) is 2. The van der Waals surface area contributed by atoms with Gasteiger partial charge in [0.05, 0.1) is 19.3 Å². The predicted octanol–water partition coefficient (Wildman–Crippen LogP) is 2.54. The number of carbonyl (C=O) groups excluding carboxylic acids is 1. The zero-order chi connectivity index (χ0) is 18.1. The van der Waals surface area contributed by atoms with Crippen molar-refractivity contribution in [3.05, 3.63) is 29.6 Å². The van der Waals surface area contributed by atoms with E-state index in [9.17, 15) is 9.18 Å². The van der Waals surface area contributed by atoms with E-state index in [1.807, 2.05) is 20.8 Å². The molecule has 3 atom stereocenters. The van der Waals surface area contributed by atoms with Crippen molar-refractivity contribution >= 4 is 5.91 Å². The molecule has 3 N–H and O–H groups in total. The third kappa shape index (κ3) is 3.00. The Morgan fingerprint density at radius 1 is 1.50 bits per heavy atom. The van der Waals surface area contributed by atoms with Crippen LogP contribution >= 0.6 is 0 Å². The van der Waals surface area contributed by atoms with Crippen molar-refractivity contribution in [3.8, 4) is 5.75 Å². The summed E-state index contributed by atoms with van der Waals surface area (Å²) >= 11 is 0. The van der Waals surface area contributed by atoms with E-state index in [4.69, 9.17) is 15.2 Å². The number of rotatable bonds is 6. The lowest BCUT2D eigenvalue weighted by atomic mass is 9.54. The molecule has 0 radical (unpaired) electrons. The topological polar surface area (TPSA) is 73.6 Å². The highest BCUT2D eigenvalue weighted by molar-refractivity contribution is 5.89. The fourth-order valence-electron chi connectivity index (χ4n) is 3.27. The molecule has 0 aromatic heterocycles. The highest BCUT2D eigenvalue weighted by Crippen LogP contribution is 2.50. The third-order valence-electron chi connectivity index (χ3n) is 5.24.